The fourth-order valence-corrected chi connectivity index (χ4v) is 2.06. The number of aromatic nitrogens is 3. The molecule has 0 bridgehead atoms. The van der Waals surface area contributed by atoms with Gasteiger partial charge in [0.2, 0.25) is 5.91 Å². The molecule has 0 aliphatic carbocycles. The summed E-state index contributed by atoms with van der Waals surface area (Å²) in [6.07, 6.45) is 2.93. The van der Waals surface area contributed by atoms with E-state index in [1.807, 2.05) is 32.0 Å². The van der Waals surface area contributed by atoms with Gasteiger partial charge in [0.1, 0.15) is 0 Å². The predicted octanol–water partition coefficient (Wildman–Crippen LogP) is 1.24. The third kappa shape index (κ3) is 4.13. The second-order valence-electron chi connectivity index (χ2n) is 5.03. The van der Waals surface area contributed by atoms with Crippen molar-refractivity contribution in [2.45, 2.75) is 33.2 Å². The molecule has 1 amide bonds. The molecule has 6 heteroatoms. The SMILES string of the molecule is Cc1cc(C)n(-c2ccc(CNC(=O)CCCN)cn2)n1. The Kier molecular flexibility index (Phi) is 5.05. The van der Waals surface area contributed by atoms with Gasteiger partial charge < -0.3 is 11.1 Å². The van der Waals surface area contributed by atoms with Crippen LogP contribution < -0.4 is 11.1 Å². The number of hydrogen-bond donors (Lipinski definition) is 2. The van der Waals surface area contributed by atoms with Gasteiger partial charge in [-0.2, -0.15) is 5.10 Å². The van der Waals surface area contributed by atoms with Crippen molar-refractivity contribution in [1.82, 2.24) is 20.1 Å². The standard InChI is InChI=1S/C15H21N5O/c1-11-8-12(2)20(19-11)14-6-5-13(9-17-14)10-18-15(21)4-3-7-16/h5-6,8-9H,3-4,7,10,16H2,1-2H3,(H,18,21). The van der Waals surface area contributed by atoms with E-state index in [4.69, 9.17) is 5.73 Å². The Hall–Kier alpha value is -2.21. The van der Waals surface area contributed by atoms with Gasteiger partial charge >= 0.3 is 0 Å². The van der Waals surface area contributed by atoms with E-state index in [-0.39, 0.29) is 5.91 Å². The maximum Gasteiger partial charge on any atom is 0.220 e. The smallest absolute Gasteiger partial charge is 0.220 e. The first-order valence-corrected chi connectivity index (χ1v) is 7.05. The Balaban J connectivity index is 1.96. The fraction of sp³-hybridized carbons (Fsp3) is 0.400. The lowest BCUT2D eigenvalue weighted by molar-refractivity contribution is -0.121. The maximum absolute atomic E-state index is 11.5. The highest BCUT2D eigenvalue weighted by Gasteiger charge is 2.05. The van der Waals surface area contributed by atoms with Crippen LogP contribution in [0.2, 0.25) is 0 Å². The molecule has 0 saturated carbocycles. The summed E-state index contributed by atoms with van der Waals surface area (Å²) < 4.78 is 1.80. The molecule has 0 atom stereocenters. The van der Waals surface area contributed by atoms with Crippen molar-refractivity contribution in [3.05, 3.63) is 41.3 Å². The molecule has 0 unspecified atom stereocenters. The van der Waals surface area contributed by atoms with E-state index in [0.29, 0.717) is 25.9 Å². The number of hydrogen-bond acceptors (Lipinski definition) is 4. The minimum absolute atomic E-state index is 0.0167. The predicted molar refractivity (Wildman–Crippen MR) is 81.0 cm³/mol. The van der Waals surface area contributed by atoms with Crippen LogP contribution in [0.5, 0.6) is 0 Å². The first-order chi connectivity index (χ1) is 10.1. The summed E-state index contributed by atoms with van der Waals surface area (Å²) in [6.45, 7) is 4.96. The average molecular weight is 287 g/mol. The Bertz CT molecular complexity index is 603. The molecule has 0 spiro atoms. The van der Waals surface area contributed by atoms with Crippen molar-refractivity contribution in [1.29, 1.82) is 0 Å². The molecule has 2 aromatic rings. The summed E-state index contributed by atoms with van der Waals surface area (Å²) >= 11 is 0. The third-order valence-corrected chi connectivity index (χ3v) is 3.13. The number of amides is 1. The second-order valence-corrected chi connectivity index (χ2v) is 5.03. The van der Waals surface area contributed by atoms with Gasteiger partial charge in [-0.3, -0.25) is 4.79 Å². The van der Waals surface area contributed by atoms with E-state index in [1.54, 1.807) is 10.9 Å². The van der Waals surface area contributed by atoms with E-state index in [9.17, 15) is 4.79 Å². The molecule has 2 rings (SSSR count). The maximum atomic E-state index is 11.5. The lowest BCUT2D eigenvalue weighted by Gasteiger charge is -2.07. The van der Waals surface area contributed by atoms with Crippen LogP contribution in [-0.2, 0) is 11.3 Å². The number of pyridine rings is 1. The summed E-state index contributed by atoms with van der Waals surface area (Å²) in [5.74, 6) is 0.793. The Morgan fingerprint density at radius 2 is 2.19 bits per heavy atom. The molecule has 2 heterocycles. The molecule has 0 aromatic carbocycles. The zero-order valence-electron chi connectivity index (χ0n) is 12.5. The summed E-state index contributed by atoms with van der Waals surface area (Å²) in [6, 6.07) is 5.86. The van der Waals surface area contributed by atoms with Gasteiger partial charge in [-0.1, -0.05) is 6.07 Å². The normalized spacial score (nSPS) is 10.6. The van der Waals surface area contributed by atoms with Crippen LogP contribution in [-0.4, -0.2) is 27.2 Å². The van der Waals surface area contributed by atoms with Gasteiger partial charge in [0.25, 0.3) is 0 Å². The summed E-state index contributed by atoms with van der Waals surface area (Å²) in [5, 5.41) is 7.24. The van der Waals surface area contributed by atoms with E-state index in [0.717, 1.165) is 22.8 Å². The third-order valence-electron chi connectivity index (χ3n) is 3.13. The van der Waals surface area contributed by atoms with Crippen LogP contribution in [0.3, 0.4) is 0 Å². The van der Waals surface area contributed by atoms with Crippen molar-refractivity contribution >= 4 is 5.91 Å². The van der Waals surface area contributed by atoms with Crippen molar-refractivity contribution in [2.24, 2.45) is 5.73 Å². The van der Waals surface area contributed by atoms with Crippen LogP contribution >= 0.6 is 0 Å². The van der Waals surface area contributed by atoms with Gasteiger partial charge in [-0.15, -0.1) is 0 Å². The average Bonchev–Trinajstić information content (AvgIpc) is 2.82. The Morgan fingerprint density at radius 3 is 2.76 bits per heavy atom. The molecule has 3 N–H and O–H groups in total. The molecular weight excluding hydrogens is 266 g/mol. The van der Waals surface area contributed by atoms with Crippen LogP contribution in [0.25, 0.3) is 5.82 Å². The van der Waals surface area contributed by atoms with Crippen LogP contribution in [0.15, 0.2) is 24.4 Å². The first-order valence-electron chi connectivity index (χ1n) is 7.05. The van der Waals surface area contributed by atoms with Crippen molar-refractivity contribution in [2.75, 3.05) is 6.54 Å². The van der Waals surface area contributed by atoms with Gasteiger partial charge in [-0.05, 0) is 44.5 Å². The first kappa shape index (κ1) is 15.2. The van der Waals surface area contributed by atoms with Crippen molar-refractivity contribution in [3.63, 3.8) is 0 Å². The molecule has 0 saturated heterocycles. The highest BCUT2D eigenvalue weighted by molar-refractivity contribution is 5.75. The van der Waals surface area contributed by atoms with Gasteiger partial charge in [-0.25, -0.2) is 9.67 Å². The van der Waals surface area contributed by atoms with E-state index < -0.39 is 0 Å². The lowest BCUT2D eigenvalue weighted by atomic mass is 10.2. The number of carbonyl (C=O) groups excluding carboxylic acids is 1. The van der Waals surface area contributed by atoms with E-state index in [2.05, 4.69) is 15.4 Å². The quantitative estimate of drug-likeness (QED) is 0.837. The van der Waals surface area contributed by atoms with Gasteiger partial charge in [0, 0.05) is 24.9 Å². The van der Waals surface area contributed by atoms with Gasteiger partial charge in [0.05, 0.1) is 5.69 Å². The lowest BCUT2D eigenvalue weighted by Crippen LogP contribution is -2.23. The monoisotopic (exact) mass is 287 g/mol. The zero-order chi connectivity index (χ0) is 15.2. The number of aryl methyl sites for hydroxylation is 2. The number of carbonyl (C=O) groups is 1. The van der Waals surface area contributed by atoms with Crippen molar-refractivity contribution < 1.29 is 4.79 Å². The number of nitrogens with one attached hydrogen (secondary N) is 1. The second kappa shape index (κ2) is 6.99. The van der Waals surface area contributed by atoms with Crippen LogP contribution in [0.4, 0.5) is 0 Å². The molecule has 0 aliphatic rings. The highest BCUT2D eigenvalue weighted by Crippen LogP contribution is 2.10. The van der Waals surface area contributed by atoms with Gasteiger partial charge in [0.15, 0.2) is 5.82 Å². The molecule has 0 radical (unpaired) electrons. The Morgan fingerprint density at radius 1 is 1.38 bits per heavy atom. The van der Waals surface area contributed by atoms with E-state index in [1.165, 1.54) is 0 Å². The fourth-order valence-electron chi connectivity index (χ4n) is 2.06. The van der Waals surface area contributed by atoms with Crippen molar-refractivity contribution in [3.8, 4) is 5.82 Å². The Labute approximate surface area is 124 Å². The summed E-state index contributed by atoms with van der Waals surface area (Å²) in [5.41, 5.74) is 8.34. The zero-order valence-corrected chi connectivity index (χ0v) is 12.5. The van der Waals surface area contributed by atoms with Crippen LogP contribution in [0, 0.1) is 13.8 Å². The van der Waals surface area contributed by atoms with E-state index >= 15 is 0 Å². The minimum atomic E-state index is 0.0167. The number of rotatable bonds is 6. The minimum Gasteiger partial charge on any atom is -0.352 e. The van der Waals surface area contributed by atoms with Crippen LogP contribution in [0.1, 0.15) is 29.8 Å². The summed E-state index contributed by atoms with van der Waals surface area (Å²) in [4.78, 5) is 15.9. The topological polar surface area (TPSA) is 85.8 Å². The molecule has 2 aromatic heterocycles. The molecule has 112 valence electrons. The number of nitrogens with two attached hydrogens (primary N) is 1. The number of nitrogens with zero attached hydrogens (tertiary/aromatic N) is 3. The molecular formula is C15H21N5O. The largest absolute Gasteiger partial charge is 0.352 e. The summed E-state index contributed by atoms with van der Waals surface area (Å²) in [7, 11) is 0. The molecule has 21 heavy (non-hydrogen) atoms. The molecule has 0 fully saturated rings. The molecule has 6 nitrogen and oxygen atoms in total. The molecule has 0 aliphatic heterocycles. The highest BCUT2D eigenvalue weighted by atomic mass is 16.1.